The molecule has 0 radical (unpaired) electrons. The number of nitrogens with one attached hydrogen (secondary N) is 1. The van der Waals surface area contributed by atoms with E-state index in [4.69, 9.17) is 5.73 Å². The van der Waals surface area contributed by atoms with E-state index in [9.17, 15) is 22.8 Å². The van der Waals surface area contributed by atoms with E-state index < -0.39 is 28.0 Å². The zero-order valence-corrected chi connectivity index (χ0v) is 13.6. The lowest BCUT2D eigenvalue weighted by molar-refractivity contribution is -0.153. The van der Waals surface area contributed by atoms with E-state index in [0.29, 0.717) is 0 Å². The Bertz CT molecular complexity index is 714. The van der Waals surface area contributed by atoms with Crippen molar-refractivity contribution >= 4 is 27.7 Å². The largest absolute Gasteiger partial charge is 0.453 e. The number of Topliss-reactive ketones (excluding diaryl/α,β-unsaturated/α-hetero) is 1. The van der Waals surface area contributed by atoms with E-state index >= 15 is 0 Å². The van der Waals surface area contributed by atoms with Crippen molar-refractivity contribution in [2.45, 2.75) is 31.3 Å². The van der Waals surface area contributed by atoms with E-state index in [0.717, 1.165) is 0 Å². The van der Waals surface area contributed by atoms with Gasteiger partial charge in [0.2, 0.25) is 10.0 Å². The molecule has 9 heteroatoms. The van der Waals surface area contributed by atoms with Gasteiger partial charge in [-0.05, 0) is 26.0 Å². The van der Waals surface area contributed by atoms with Crippen LogP contribution in [-0.4, -0.2) is 38.7 Å². The molecule has 0 aliphatic heterocycles. The fraction of sp³-hybridized carbons (Fsp3) is 0.357. The second kappa shape index (κ2) is 7.84. The zero-order valence-electron chi connectivity index (χ0n) is 12.7. The first-order chi connectivity index (χ1) is 10.6. The summed E-state index contributed by atoms with van der Waals surface area (Å²) in [5.74, 6) is -1.80. The average molecular weight is 342 g/mol. The smallest absolute Gasteiger partial charge is 0.307 e. The quantitative estimate of drug-likeness (QED) is 0.504. The van der Waals surface area contributed by atoms with Crippen LogP contribution in [0.25, 0.3) is 0 Å². The van der Waals surface area contributed by atoms with E-state index in [1.807, 2.05) is 0 Å². The first kappa shape index (κ1) is 18.8. The molecule has 0 fully saturated rings. The van der Waals surface area contributed by atoms with E-state index in [-0.39, 0.29) is 29.2 Å². The summed E-state index contributed by atoms with van der Waals surface area (Å²) in [6.45, 7) is 2.43. The SMILES string of the molecule is CC(=O)c1cccc(S(=O)(=O)NCCC(=O)O[C@H](C)C(N)=O)c1. The predicted octanol–water partition coefficient (Wildman–Crippen LogP) is -0.0254. The molecule has 0 bridgehead atoms. The Hall–Kier alpha value is -2.26. The van der Waals surface area contributed by atoms with Crippen molar-refractivity contribution in [1.82, 2.24) is 4.72 Å². The van der Waals surface area contributed by atoms with Gasteiger partial charge in [-0.25, -0.2) is 13.1 Å². The summed E-state index contributed by atoms with van der Waals surface area (Å²) < 4.78 is 31.0. The van der Waals surface area contributed by atoms with Gasteiger partial charge in [0.15, 0.2) is 11.9 Å². The average Bonchev–Trinajstić information content (AvgIpc) is 2.46. The maximum atomic E-state index is 12.1. The standard InChI is InChI=1S/C14H18N2O6S/c1-9(17)11-4-3-5-12(8-11)23(20,21)16-7-6-13(18)22-10(2)14(15)19/h3-5,8,10,16H,6-7H2,1-2H3,(H2,15,19)/t10-/m1/s1. The molecule has 126 valence electrons. The summed E-state index contributed by atoms with van der Waals surface area (Å²) in [5, 5.41) is 0. The summed E-state index contributed by atoms with van der Waals surface area (Å²) >= 11 is 0. The van der Waals surface area contributed by atoms with Crippen molar-refractivity contribution in [1.29, 1.82) is 0 Å². The fourth-order valence-electron chi connectivity index (χ4n) is 1.57. The Morgan fingerprint density at radius 2 is 1.96 bits per heavy atom. The number of nitrogens with two attached hydrogens (primary N) is 1. The van der Waals surface area contributed by atoms with Gasteiger partial charge in [-0.3, -0.25) is 14.4 Å². The lowest BCUT2D eigenvalue weighted by atomic mass is 10.2. The number of amides is 1. The maximum absolute atomic E-state index is 12.1. The summed E-state index contributed by atoms with van der Waals surface area (Å²) in [5.41, 5.74) is 5.21. The number of ketones is 1. The minimum atomic E-state index is -3.86. The maximum Gasteiger partial charge on any atom is 0.307 e. The Morgan fingerprint density at radius 3 is 2.52 bits per heavy atom. The van der Waals surface area contributed by atoms with Gasteiger partial charge in [0.05, 0.1) is 11.3 Å². The number of benzene rings is 1. The van der Waals surface area contributed by atoms with Crippen LogP contribution in [0.5, 0.6) is 0 Å². The minimum absolute atomic E-state index is 0.0796. The Balaban J connectivity index is 2.63. The molecule has 0 saturated heterocycles. The van der Waals surface area contributed by atoms with Crippen molar-refractivity contribution in [2.75, 3.05) is 6.54 Å². The molecule has 0 aromatic heterocycles. The molecule has 1 aromatic rings. The Morgan fingerprint density at radius 1 is 1.30 bits per heavy atom. The molecule has 0 unspecified atom stereocenters. The lowest BCUT2D eigenvalue weighted by Crippen LogP contribution is -2.32. The molecular formula is C14H18N2O6S. The third-order valence-electron chi connectivity index (χ3n) is 2.88. The van der Waals surface area contributed by atoms with Crippen LogP contribution in [0.4, 0.5) is 0 Å². The Labute approximate surface area is 134 Å². The van der Waals surface area contributed by atoms with Crippen LogP contribution >= 0.6 is 0 Å². The van der Waals surface area contributed by atoms with Gasteiger partial charge in [-0.1, -0.05) is 12.1 Å². The topological polar surface area (TPSA) is 133 Å². The van der Waals surface area contributed by atoms with Crippen LogP contribution in [0.1, 0.15) is 30.6 Å². The predicted molar refractivity (Wildman–Crippen MR) is 81.0 cm³/mol. The summed E-state index contributed by atoms with van der Waals surface area (Å²) in [4.78, 5) is 33.4. The highest BCUT2D eigenvalue weighted by Gasteiger charge is 2.17. The van der Waals surface area contributed by atoms with Crippen LogP contribution in [0, 0.1) is 0 Å². The molecule has 3 N–H and O–H groups in total. The van der Waals surface area contributed by atoms with Gasteiger partial charge in [-0.15, -0.1) is 0 Å². The minimum Gasteiger partial charge on any atom is -0.453 e. The number of ether oxygens (including phenoxy) is 1. The van der Waals surface area contributed by atoms with Crippen LogP contribution < -0.4 is 10.5 Å². The molecule has 0 aliphatic rings. The van der Waals surface area contributed by atoms with Crippen molar-refractivity contribution < 1.29 is 27.5 Å². The van der Waals surface area contributed by atoms with Gasteiger partial charge in [0.1, 0.15) is 0 Å². The van der Waals surface area contributed by atoms with Crippen molar-refractivity contribution in [3.63, 3.8) is 0 Å². The third kappa shape index (κ3) is 5.80. The lowest BCUT2D eigenvalue weighted by Gasteiger charge is -2.10. The summed E-state index contributed by atoms with van der Waals surface area (Å²) in [7, 11) is -3.86. The fourth-order valence-corrected chi connectivity index (χ4v) is 2.64. The van der Waals surface area contributed by atoms with Crippen LogP contribution in [0.3, 0.4) is 0 Å². The number of hydrogen-bond donors (Lipinski definition) is 2. The van der Waals surface area contributed by atoms with Crippen LogP contribution in [-0.2, 0) is 24.3 Å². The van der Waals surface area contributed by atoms with Crippen molar-refractivity contribution in [3.8, 4) is 0 Å². The highest BCUT2D eigenvalue weighted by atomic mass is 32.2. The van der Waals surface area contributed by atoms with Gasteiger partial charge < -0.3 is 10.5 Å². The number of primary amides is 1. The van der Waals surface area contributed by atoms with Gasteiger partial charge in [0.25, 0.3) is 5.91 Å². The first-order valence-corrected chi connectivity index (χ1v) is 8.21. The number of carbonyl (C=O) groups excluding carboxylic acids is 3. The van der Waals surface area contributed by atoms with E-state index in [1.165, 1.54) is 38.1 Å². The summed E-state index contributed by atoms with van der Waals surface area (Å²) in [6.07, 6.45) is -1.34. The van der Waals surface area contributed by atoms with Crippen LogP contribution in [0.2, 0.25) is 0 Å². The van der Waals surface area contributed by atoms with E-state index in [2.05, 4.69) is 9.46 Å². The number of carbonyl (C=O) groups is 3. The molecule has 0 aliphatic carbocycles. The van der Waals surface area contributed by atoms with Crippen molar-refractivity contribution in [2.24, 2.45) is 5.73 Å². The number of esters is 1. The van der Waals surface area contributed by atoms with Gasteiger partial charge in [0, 0.05) is 12.1 Å². The second-order valence-corrected chi connectivity index (χ2v) is 6.53. The Kier molecular flexibility index (Phi) is 6.40. The second-order valence-electron chi connectivity index (χ2n) is 4.77. The van der Waals surface area contributed by atoms with E-state index in [1.54, 1.807) is 0 Å². The number of rotatable bonds is 8. The highest BCUT2D eigenvalue weighted by Crippen LogP contribution is 2.12. The molecular weight excluding hydrogens is 324 g/mol. The summed E-state index contributed by atoms with van der Waals surface area (Å²) in [6, 6.07) is 5.54. The number of sulfonamides is 1. The monoisotopic (exact) mass is 342 g/mol. The van der Waals surface area contributed by atoms with Gasteiger partial charge in [-0.2, -0.15) is 0 Å². The van der Waals surface area contributed by atoms with Gasteiger partial charge >= 0.3 is 5.97 Å². The zero-order chi connectivity index (χ0) is 17.6. The molecule has 1 rings (SSSR count). The molecule has 0 spiro atoms. The molecule has 1 amide bonds. The molecule has 23 heavy (non-hydrogen) atoms. The molecule has 1 atom stereocenters. The third-order valence-corrected chi connectivity index (χ3v) is 4.34. The normalized spacial score (nSPS) is 12.4. The number of hydrogen-bond acceptors (Lipinski definition) is 6. The molecule has 1 aromatic carbocycles. The highest BCUT2D eigenvalue weighted by molar-refractivity contribution is 7.89. The van der Waals surface area contributed by atoms with Crippen molar-refractivity contribution in [3.05, 3.63) is 29.8 Å². The molecule has 0 heterocycles. The first-order valence-electron chi connectivity index (χ1n) is 6.73. The van der Waals surface area contributed by atoms with Crippen LogP contribution in [0.15, 0.2) is 29.2 Å². The molecule has 0 saturated carbocycles. The molecule has 8 nitrogen and oxygen atoms in total.